The quantitative estimate of drug-likeness (QED) is 0.720. The number of piperazine rings is 1. The van der Waals surface area contributed by atoms with Crippen LogP contribution >= 0.6 is 0 Å². The van der Waals surface area contributed by atoms with Crippen molar-refractivity contribution < 1.29 is 22.7 Å². The minimum Gasteiger partial charge on any atom is -0.449 e. The van der Waals surface area contributed by atoms with Crippen LogP contribution in [0.1, 0.15) is 31.4 Å². The summed E-state index contributed by atoms with van der Waals surface area (Å²) in [5, 5.41) is 0. The Morgan fingerprint density at radius 1 is 1.07 bits per heavy atom. The summed E-state index contributed by atoms with van der Waals surface area (Å²) in [5.74, 6) is 0.136. The van der Waals surface area contributed by atoms with Gasteiger partial charge in [-0.1, -0.05) is 19.9 Å². The summed E-state index contributed by atoms with van der Waals surface area (Å²) in [6.45, 7) is 9.78. The van der Waals surface area contributed by atoms with Crippen LogP contribution in [0.2, 0.25) is 0 Å². The lowest BCUT2D eigenvalue weighted by atomic mass is 10.1. The van der Waals surface area contributed by atoms with E-state index in [0.717, 1.165) is 11.1 Å². The number of sulfonamides is 1. The molecule has 162 valence electrons. The molecule has 0 saturated carbocycles. The number of carbonyl (C=O) groups is 2. The van der Waals surface area contributed by atoms with Gasteiger partial charge < -0.3 is 14.5 Å². The second-order valence-electron chi connectivity index (χ2n) is 7.73. The highest BCUT2D eigenvalue weighted by atomic mass is 32.2. The van der Waals surface area contributed by atoms with Gasteiger partial charge >= 0.3 is 6.09 Å². The van der Waals surface area contributed by atoms with Crippen molar-refractivity contribution in [2.45, 2.75) is 39.0 Å². The van der Waals surface area contributed by atoms with Gasteiger partial charge in [0.05, 0.1) is 11.5 Å². The minimum atomic E-state index is -3.65. The molecule has 0 aromatic heterocycles. The summed E-state index contributed by atoms with van der Waals surface area (Å²) in [5.41, 5.74) is 1.92. The molecule has 1 fully saturated rings. The summed E-state index contributed by atoms with van der Waals surface area (Å²) in [4.78, 5) is 27.8. The van der Waals surface area contributed by atoms with E-state index in [1.54, 1.807) is 28.0 Å². The first kappa shape index (κ1) is 23.2. The third kappa shape index (κ3) is 6.71. The van der Waals surface area contributed by atoms with E-state index >= 15 is 0 Å². The maximum Gasteiger partial charge on any atom is 0.409 e. The standard InChI is InChI=1S/C20H31N3O5S/c1-15(2)14-28-20(25)23-11-9-22(10-12-23)19(24)7-8-21-29(26,27)18-6-5-16(3)17(4)13-18/h5-6,13,15,21H,7-12,14H2,1-4H3. The van der Waals surface area contributed by atoms with Crippen molar-refractivity contribution >= 4 is 22.0 Å². The fourth-order valence-corrected chi connectivity index (χ4v) is 4.00. The predicted octanol–water partition coefficient (Wildman–Crippen LogP) is 1.91. The SMILES string of the molecule is Cc1ccc(S(=O)(=O)NCCC(=O)N2CCN(C(=O)OCC(C)C)CC2)cc1C. The maximum atomic E-state index is 12.4. The number of carbonyl (C=O) groups excluding carboxylic acids is 2. The molecule has 1 aromatic carbocycles. The van der Waals surface area contributed by atoms with Crippen LogP contribution in [-0.2, 0) is 19.6 Å². The Morgan fingerprint density at radius 2 is 1.69 bits per heavy atom. The fourth-order valence-electron chi connectivity index (χ4n) is 2.88. The number of nitrogens with one attached hydrogen (secondary N) is 1. The molecule has 2 rings (SSSR count). The number of hydrogen-bond acceptors (Lipinski definition) is 5. The fraction of sp³-hybridized carbons (Fsp3) is 0.600. The highest BCUT2D eigenvalue weighted by molar-refractivity contribution is 7.89. The Balaban J connectivity index is 1.77. The first-order valence-corrected chi connectivity index (χ1v) is 11.3. The van der Waals surface area contributed by atoms with Crippen LogP contribution in [0.5, 0.6) is 0 Å². The van der Waals surface area contributed by atoms with Crippen LogP contribution in [0.25, 0.3) is 0 Å². The Labute approximate surface area is 173 Å². The van der Waals surface area contributed by atoms with Crippen molar-refractivity contribution in [2.75, 3.05) is 39.3 Å². The number of rotatable bonds is 7. The van der Waals surface area contributed by atoms with Gasteiger partial charge in [-0.2, -0.15) is 0 Å². The zero-order valence-electron chi connectivity index (χ0n) is 17.6. The van der Waals surface area contributed by atoms with Crippen LogP contribution in [0.3, 0.4) is 0 Å². The van der Waals surface area contributed by atoms with Crippen molar-refractivity contribution in [3.63, 3.8) is 0 Å². The molecule has 0 atom stereocenters. The van der Waals surface area contributed by atoms with Crippen LogP contribution in [-0.4, -0.2) is 69.5 Å². The van der Waals surface area contributed by atoms with Crippen molar-refractivity contribution in [1.82, 2.24) is 14.5 Å². The second kappa shape index (κ2) is 10.1. The Kier molecular flexibility index (Phi) is 8.04. The highest BCUT2D eigenvalue weighted by Gasteiger charge is 2.25. The number of hydrogen-bond donors (Lipinski definition) is 1. The summed E-state index contributed by atoms with van der Waals surface area (Å²) < 4.78 is 32.5. The number of benzene rings is 1. The Hall–Kier alpha value is -2.13. The van der Waals surface area contributed by atoms with E-state index in [2.05, 4.69) is 4.72 Å². The Morgan fingerprint density at radius 3 is 2.28 bits per heavy atom. The topological polar surface area (TPSA) is 96.0 Å². The smallest absolute Gasteiger partial charge is 0.409 e. The van der Waals surface area contributed by atoms with Gasteiger partial charge in [0.2, 0.25) is 15.9 Å². The molecule has 1 saturated heterocycles. The van der Waals surface area contributed by atoms with Gasteiger partial charge in [0.1, 0.15) is 0 Å². The molecular weight excluding hydrogens is 394 g/mol. The van der Waals surface area contributed by atoms with E-state index < -0.39 is 10.0 Å². The molecule has 1 aliphatic heterocycles. The third-order valence-electron chi connectivity index (χ3n) is 4.85. The van der Waals surface area contributed by atoms with Gasteiger partial charge in [-0.15, -0.1) is 0 Å². The molecule has 9 heteroatoms. The molecule has 0 bridgehead atoms. The zero-order chi connectivity index (χ0) is 21.6. The molecule has 0 radical (unpaired) electrons. The van der Waals surface area contributed by atoms with Gasteiger partial charge in [-0.05, 0) is 43.0 Å². The van der Waals surface area contributed by atoms with Crippen molar-refractivity contribution in [3.8, 4) is 0 Å². The molecular formula is C20H31N3O5S. The number of ether oxygens (including phenoxy) is 1. The van der Waals surface area contributed by atoms with Gasteiger partial charge in [-0.3, -0.25) is 4.79 Å². The van der Waals surface area contributed by atoms with E-state index in [1.807, 2.05) is 27.7 Å². The average Bonchev–Trinajstić information content (AvgIpc) is 2.68. The third-order valence-corrected chi connectivity index (χ3v) is 6.31. The van der Waals surface area contributed by atoms with E-state index in [9.17, 15) is 18.0 Å². The van der Waals surface area contributed by atoms with Crippen LogP contribution in [0.4, 0.5) is 4.79 Å². The minimum absolute atomic E-state index is 0.0325. The summed E-state index contributed by atoms with van der Waals surface area (Å²) in [6, 6.07) is 4.95. The molecule has 1 N–H and O–H groups in total. The molecule has 2 amide bonds. The van der Waals surface area contributed by atoms with Gasteiger partial charge in [0.15, 0.2) is 0 Å². The number of amides is 2. The summed E-state index contributed by atoms with van der Waals surface area (Å²) >= 11 is 0. The summed E-state index contributed by atoms with van der Waals surface area (Å²) in [7, 11) is -3.65. The normalized spacial score (nSPS) is 14.9. The largest absolute Gasteiger partial charge is 0.449 e. The molecule has 1 aromatic rings. The van der Waals surface area contributed by atoms with Crippen molar-refractivity contribution in [1.29, 1.82) is 0 Å². The van der Waals surface area contributed by atoms with E-state index in [1.165, 1.54) is 0 Å². The average molecular weight is 426 g/mol. The van der Waals surface area contributed by atoms with E-state index in [-0.39, 0.29) is 35.8 Å². The van der Waals surface area contributed by atoms with Crippen LogP contribution in [0, 0.1) is 19.8 Å². The predicted molar refractivity (Wildman–Crippen MR) is 110 cm³/mol. The molecule has 0 aliphatic carbocycles. The Bertz CT molecular complexity index is 831. The molecule has 1 heterocycles. The maximum absolute atomic E-state index is 12.4. The van der Waals surface area contributed by atoms with E-state index in [4.69, 9.17) is 4.74 Å². The molecule has 1 aliphatic rings. The van der Waals surface area contributed by atoms with Crippen molar-refractivity contribution in [2.24, 2.45) is 5.92 Å². The van der Waals surface area contributed by atoms with Crippen LogP contribution < -0.4 is 4.72 Å². The zero-order valence-corrected chi connectivity index (χ0v) is 18.4. The first-order valence-electron chi connectivity index (χ1n) is 9.86. The number of nitrogens with zero attached hydrogens (tertiary/aromatic N) is 2. The highest BCUT2D eigenvalue weighted by Crippen LogP contribution is 2.14. The molecule has 0 unspecified atom stereocenters. The lowest BCUT2D eigenvalue weighted by molar-refractivity contribution is -0.132. The lowest BCUT2D eigenvalue weighted by Crippen LogP contribution is -2.51. The van der Waals surface area contributed by atoms with E-state index in [0.29, 0.717) is 32.8 Å². The lowest BCUT2D eigenvalue weighted by Gasteiger charge is -2.34. The van der Waals surface area contributed by atoms with Gasteiger partial charge in [-0.25, -0.2) is 17.9 Å². The summed E-state index contributed by atoms with van der Waals surface area (Å²) in [6.07, 6.45) is -0.283. The first-order chi connectivity index (χ1) is 13.6. The van der Waals surface area contributed by atoms with Gasteiger partial charge in [0, 0.05) is 39.1 Å². The monoisotopic (exact) mass is 425 g/mol. The molecule has 0 spiro atoms. The molecule has 8 nitrogen and oxygen atoms in total. The van der Waals surface area contributed by atoms with Crippen molar-refractivity contribution in [3.05, 3.63) is 29.3 Å². The van der Waals surface area contributed by atoms with Crippen LogP contribution in [0.15, 0.2) is 23.1 Å². The van der Waals surface area contributed by atoms with Gasteiger partial charge in [0.25, 0.3) is 0 Å². The second-order valence-corrected chi connectivity index (χ2v) is 9.50. The molecule has 29 heavy (non-hydrogen) atoms. The number of aryl methyl sites for hydroxylation is 2.